The summed E-state index contributed by atoms with van der Waals surface area (Å²) in [6.45, 7) is 12.0. The molecular weight excluding hydrogens is 1050 g/mol. The molecule has 8 aliphatic rings. The fourth-order valence-corrected chi connectivity index (χ4v) is 16.2. The van der Waals surface area contributed by atoms with E-state index in [2.05, 4.69) is 26.8 Å². The van der Waals surface area contributed by atoms with Crippen LogP contribution >= 0.6 is 0 Å². The molecule has 4 saturated carbocycles. The minimum atomic E-state index is -2.18. The first-order chi connectivity index (χ1) is 36.9. The van der Waals surface area contributed by atoms with Crippen molar-refractivity contribution < 1.29 is 124 Å². The third kappa shape index (κ3) is 9.98. The molecule has 5 aliphatic carbocycles. The first-order valence-corrected chi connectivity index (χ1v) is 27.4. The van der Waals surface area contributed by atoms with E-state index in [9.17, 15) is 85.9 Å². The van der Waals surface area contributed by atoms with Crippen LogP contribution in [-0.2, 0) is 52.3 Å². The average Bonchev–Trinajstić information content (AvgIpc) is 3.58. The normalized spacial score (nSPS) is 50.6. The lowest BCUT2D eigenvalue weighted by Gasteiger charge is -2.72. The number of hydrogen-bond acceptors (Lipinski definition) is 23. The quantitative estimate of drug-likeness (QED) is 0.0282. The van der Waals surface area contributed by atoms with Gasteiger partial charge in [0.25, 0.3) is 0 Å². The Hall–Kier alpha value is -3.03. The van der Waals surface area contributed by atoms with Crippen LogP contribution < -0.4 is 0 Å². The highest BCUT2D eigenvalue weighted by Gasteiger charge is 2.74. The van der Waals surface area contributed by atoms with Crippen molar-refractivity contribution in [2.75, 3.05) is 26.4 Å². The molecule has 0 amide bonds. The van der Waals surface area contributed by atoms with Crippen molar-refractivity contribution in [1.29, 1.82) is 0 Å². The van der Waals surface area contributed by atoms with Crippen molar-refractivity contribution in [2.24, 2.45) is 50.2 Å². The number of rotatable bonds is 15. The van der Waals surface area contributed by atoms with Gasteiger partial charge in [0.15, 0.2) is 25.0 Å². The molecule has 0 aromatic carbocycles. The fraction of sp³-hybridized carbons (Fsp3) is 0.870. The minimum absolute atomic E-state index is 0.0963. The van der Waals surface area contributed by atoms with Crippen LogP contribution in [0.15, 0.2) is 23.5 Å². The smallest absolute Gasteiger partial charge is 0.335 e. The number of carboxylic acids is 2. The zero-order valence-corrected chi connectivity index (χ0v) is 45.9. The highest BCUT2D eigenvalue weighted by molar-refractivity contribution is 5.85. The SMILES string of the molecule is CC(=O)O[C@H]1C(OC=C(C)C(=O)O)C(C)(C)CC2C3=CCC4C5(C)CCC(O[C@@H]6O[C@H](C(=O)O)[C@@H](O[C@@H]7O[C@H](CO)[C@@H](O)[C@H](O)[C@H]7O)[C@H](O)[C@H]6O[C@@H]6O[C@H](CO)[C@@H](O)[C@H](O)[C@H]6O)[C@](C)(CO)C5CCC4(C)[C@]3(C)C[C@@H](O)C21CO. The summed E-state index contributed by atoms with van der Waals surface area (Å²) in [5, 5.41) is 153. The highest BCUT2D eigenvalue weighted by Crippen LogP contribution is 2.76. The van der Waals surface area contributed by atoms with Crippen molar-refractivity contribution >= 4 is 17.9 Å². The fourth-order valence-electron chi connectivity index (χ4n) is 16.2. The Labute approximate surface area is 457 Å². The number of esters is 1. The summed E-state index contributed by atoms with van der Waals surface area (Å²) in [5.74, 6) is -4.53. The first-order valence-electron chi connectivity index (χ1n) is 27.4. The Morgan fingerprint density at radius 3 is 1.76 bits per heavy atom. The van der Waals surface area contributed by atoms with Gasteiger partial charge in [0, 0.05) is 17.8 Å². The summed E-state index contributed by atoms with van der Waals surface area (Å²) in [5.41, 5.74) is -4.26. The van der Waals surface area contributed by atoms with Gasteiger partial charge in [-0.15, -0.1) is 0 Å². The molecular formula is C54H84O25. The Kier molecular flexibility index (Phi) is 17.7. The first kappa shape index (κ1) is 62.0. The molecule has 79 heavy (non-hydrogen) atoms. The molecule has 25 heteroatoms. The molecule has 14 N–H and O–H groups in total. The molecule has 3 heterocycles. The van der Waals surface area contributed by atoms with Gasteiger partial charge in [-0.05, 0) is 85.9 Å². The predicted octanol–water partition coefficient (Wildman–Crippen LogP) is -1.83. The molecule has 0 bridgehead atoms. The third-order valence-electron chi connectivity index (χ3n) is 20.8. The number of aliphatic hydroxyl groups is 12. The summed E-state index contributed by atoms with van der Waals surface area (Å²) in [7, 11) is 0. The second kappa shape index (κ2) is 22.5. The summed E-state index contributed by atoms with van der Waals surface area (Å²) in [6.07, 6.45) is -27.1. The third-order valence-corrected chi connectivity index (χ3v) is 20.8. The van der Waals surface area contributed by atoms with Crippen LogP contribution in [0.5, 0.6) is 0 Å². The Balaban J connectivity index is 1.11. The second-order valence-corrected chi connectivity index (χ2v) is 25.4. The molecule has 7 fully saturated rings. The van der Waals surface area contributed by atoms with Crippen LogP contribution in [0.3, 0.4) is 0 Å². The van der Waals surface area contributed by atoms with Crippen molar-refractivity contribution in [2.45, 2.75) is 217 Å². The van der Waals surface area contributed by atoms with Gasteiger partial charge in [-0.1, -0.05) is 53.2 Å². The standard InChI is InChI=1S/C54H84O25/c1-22(44(68)69)19-72-42-43(73-23(2)59)54(21-58)25(15-49(42,3)4)24-9-10-29-50(5)13-12-31(51(6,20-57)28(50)11-14-52(29,7)53(24,8)16-30(54)60)76-48-40(78-47-37(66)35(64)33(62)27(18-56)75-47)38(67)39(41(79-48)45(70)71)77-46-36(65)34(63)32(61)26(17-55)74-46/h9,19,25-43,46-48,55-58,60-67H,10-18,20-21H2,1-8H3,(H,68,69)(H,70,71)/t25?,26-,27-,28?,29?,30-,31?,32-,33-,34+,35+,36-,37-,38+,39+,40-,41+,42?,43+,46+,47+,48-,50?,51-,52?,53-,54?/m1/s1. The average molecular weight is 1130 g/mol. The van der Waals surface area contributed by atoms with Gasteiger partial charge in [-0.2, -0.15) is 0 Å². The van der Waals surface area contributed by atoms with Gasteiger partial charge >= 0.3 is 17.9 Å². The zero-order valence-electron chi connectivity index (χ0n) is 45.9. The largest absolute Gasteiger partial charge is 0.493 e. The molecule has 0 aromatic rings. The highest BCUT2D eigenvalue weighted by atomic mass is 16.8. The van der Waals surface area contributed by atoms with E-state index in [0.29, 0.717) is 32.1 Å². The van der Waals surface area contributed by atoms with E-state index in [4.69, 9.17) is 37.9 Å². The number of aliphatic hydroxyl groups excluding tert-OH is 12. The number of carboxylic acid groups (broad SMARTS) is 2. The monoisotopic (exact) mass is 1130 g/mol. The number of ether oxygens (including phenoxy) is 8. The van der Waals surface area contributed by atoms with Crippen molar-refractivity contribution in [3.8, 4) is 0 Å². The molecule has 8 rings (SSSR count). The zero-order chi connectivity index (χ0) is 58.4. The van der Waals surface area contributed by atoms with Gasteiger partial charge < -0.3 is 109 Å². The van der Waals surface area contributed by atoms with Crippen LogP contribution in [0.2, 0.25) is 0 Å². The molecule has 25 nitrogen and oxygen atoms in total. The maximum absolute atomic E-state index is 13.1. The Morgan fingerprint density at radius 2 is 1.24 bits per heavy atom. The van der Waals surface area contributed by atoms with Gasteiger partial charge in [-0.3, -0.25) is 4.79 Å². The van der Waals surface area contributed by atoms with Crippen LogP contribution in [-0.4, -0.2) is 232 Å². The topological polar surface area (TPSA) is 408 Å². The number of carbonyl (C=O) groups is 3. The van der Waals surface area contributed by atoms with E-state index in [1.807, 2.05) is 20.8 Å². The number of aliphatic carboxylic acids is 2. The summed E-state index contributed by atoms with van der Waals surface area (Å²) < 4.78 is 48.1. The van der Waals surface area contributed by atoms with Crippen LogP contribution in [0.4, 0.5) is 0 Å². The number of fused-ring (bicyclic) bond motifs is 7. The number of hydrogen-bond donors (Lipinski definition) is 14. The molecule has 0 radical (unpaired) electrons. The number of carbonyl (C=O) groups excluding carboxylic acids is 1. The summed E-state index contributed by atoms with van der Waals surface area (Å²) in [4.78, 5) is 37.9. The van der Waals surface area contributed by atoms with E-state index in [-0.39, 0.29) is 30.3 Å². The van der Waals surface area contributed by atoms with E-state index in [0.717, 1.165) is 11.8 Å². The lowest BCUT2D eigenvalue weighted by atomic mass is 9.33. The van der Waals surface area contributed by atoms with Crippen molar-refractivity contribution in [1.82, 2.24) is 0 Å². The molecule has 3 saturated heterocycles. The van der Waals surface area contributed by atoms with Crippen LogP contribution in [0.1, 0.15) is 100 Å². The lowest BCUT2D eigenvalue weighted by molar-refractivity contribution is -0.392. The molecule has 0 spiro atoms. The molecule has 3 aliphatic heterocycles. The maximum Gasteiger partial charge on any atom is 0.335 e. The maximum atomic E-state index is 13.1. The van der Waals surface area contributed by atoms with Crippen molar-refractivity contribution in [3.05, 3.63) is 23.5 Å². The minimum Gasteiger partial charge on any atom is -0.493 e. The van der Waals surface area contributed by atoms with Gasteiger partial charge in [0.2, 0.25) is 0 Å². The van der Waals surface area contributed by atoms with Crippen LogP contribution in [0.25, 0.3) is 0 Å². The van der Waals surface area contributed by atoms with E-state index in [1.165, 1.54) is 13.8 Å². The summed E-state index contributed by atoms with van der Waals surface area (Å²) >= 11 is 0. The molecule has 450 valence electrons. The Bertz CT molecular complexity index is 2290. The van der Waals surface area contributed by atoms with E-state index >= 15 is 0 Å². The Morgan fingerprint density at radius 1 is 0.658 bits per heavy atom. The molecule has 8 unspecified atom stereocenters. The number of allylic oxidation sites excluding steroid dienone is 2. The van der Waals surface area contributed by atoms with Crippen molar-refractivity contribution in [3.63, 3.8) is 0 Å². The van der Waals surface area contributed by atoms with E-state index in [1.54, 1.807) is 0 Å². The van der Waals surface area contributed by atoms with Gasteiger partial charge in [0.05, 0.1) is 55.9 Å². The molecule has 0 aromatic heterocycles. The van der Waals surface area contributed by atoms with Gasteiger partial charge in [-0.25, -0.2) is 9.59 Å². The molecule has 27 atom stereocenters. The lowest BCUT2D eigenvalue weighted by Crippen LogP contribution is -2.72. The predicted molar refractivity (Wildman–Crippen MR) is 266 cm³/mol. The van der Waals surface area contributed by atoms with E-state index < -0.39 is 199 Å². The second-order valence-electron chi connectivity index (χ2n) is 25.4. The van der Waals surface area contributed by atoms with Crippen LogP contribution in [0, 0.1) is 50.2 Å². The van der Waals surface area contributed by atoms with Gasteiger partial charge in [0.1, 0.15) is 79.4 Å². The summed E-state index contributed by atoms with van der Waals surface area (Å²) in [6, 6.07) is 0.